The SMILES string of the molecule is CCc1ncnc(N2CCC(C)C2C(=O)O)c1F. The Morgan fingerprint density at radius 1 is 1.61 bits per heavy atom. The number of carboxylic acid groups (broad SMARTS) is 1. The largest absolute Gasteiger partial charge is 0.480 e. The lowest BCUT2D eigenvalue weighted by Crippen LogP contribution is -2.40. The maximum Gasteiger partial charge on any atom is 0.326 e. The highest BCUT2D eigenvalue weighted by Crippen LogP contribution is 2.30. The van der Waals surface area contributed by atoms with Gasteiger partial charge in [0.1, 0.15) is 12.4 Å². The summed E-state index contributed by atoms with van der Waals surface area (Å²) in [4.78, 5) is 20.6. The molecule has 1 aromatic rings. The molecule has 2 rings (SSSR count). The summed E-state index contributed by atoms with van der Waals surface area (Å²) < 4.78 is 14.1. The highest BCUT2D eigenvalue weighted by Gasteiger charge is 2.38. The van der Waals surface area contributed by atoms with Gasteiger partial charge in [-0.25, -0.2) is 19.2 Å². The molecule has 1 saturated heterocycles. The third kappa shape index (κ3) is 2.02. The highest BCUT2D eigenvalue weighted by molar-refractivity contribution is 5.79. The summed E-state index contributed by atoms with van der Waals surface area (Å²) in [5, 5.41) is 9.23. The highest BCUT2D eigenvalue weighted by atomic mass is 19.1. The fraction of sp³-hybridized carbons (Fsp3) is 0.583. The van der Waals surface area contributed by atoms with Crippen LogP contribution in [0.1, 0.15) is 26.0 Å². The maximum atomic E-state index is 14.1. The average Bonchev–Trinajstić information content (AvgIpc) is 2.71. The Hall–Kier alpha value is -1.72. The smallest absolute Gasteiger partial charge is 0.326 e. The Morgan fingerprint density at radius 3 is 2.94 bits per heavy atom. The minimum Gasteiger partial charge on any atom is -0.480 e. The van der Waals surface area contributed by atoms with Crippen LogP contribution in [0.25, 0.3) is 0 Å². The first-order chi connectivity index (χ1) is 8.56. The van der Waals surface area contributed by atoms with E-state index < -0.39 is 17.8 Å². The lowest BCUT2D eigenvalue weighted by Gasteiger charge is -2.24. The second-order valence-corrected chi connectivity index (χ2v) is 4.55. The summed E-state index contributed by atoms with van der Waals surface area (Å²) in [5.74, 6) is -1.34. The van der Waals surface area contributed by atoms with E-state index in [1.807, 2.05) is 6.92 Å². The molecule has 0 radical (unpaired) electrons. The second-order valence-electron chi connectivity index (χ2n) is 4.55. The molecule has 0 aliphatic carbocycles. The second kappa shape index (κ2) is 4.88. The number of aliphatic carboxylic acids is 1. The van der Waals surface area contributed by atoms with Gasteiger partial charge in [0.05, 0.1) is 5.69 Å². The molecule has 2 atom stereocenters. The van der Waals surface area contributed by atoms with Crippen LogP contribution >= 0.6 is 0 Å². The Balaban J connectivity index is 2.39. The average molecular weight is 253 g/mol. The zero-order valence-electron chi connectivity index (χ0n) is 10.4. The van der Waals surface area contributed by atoms with Crippen LogP contribution in [0.3, 0.4) is 0 Å². The van der Waals surface area contributed by atoms with Crippen molar-refractivity contribution in [1.82, 2.24) is 9.97 Å². The fourth-order valence-corrected chi connectivity index (χ4v) is 2.40. The first-order valence-corrected chi connectivity index (χ1v) is 6.05. The van der Waals surface area contributed by atoms with Crippen molar-refractivity contribution in [3.63, 3.8) is 0 Å². The Kier molecular flexibility index (Phi) is 3.45. The lowest BCUT2D eigenvalue weighted by atomic mass is 10.0. The molecule has 1 N–H and O–H groups in total. The van der Waals surface area contributed by atoms with Crippen molar-refractivity contribution in [1.29, 1.82) is 0 Å². The molecule has 6 heteroatoms. The molecular formula is C12H16FN3O2. The van der Waals surface area contributed by atoms with Crippen molar-refractivity contribution in [2.24, 2.45) is 5.92 Å². The summed E-state index contributed by atoms with van der Waals surface area (Å²) in [5.41, 5.74) is 0.323. The van der Waals surface area contributed by atoms with Gasteiger partial charge in [-0.1, -0.05) is 13.8 Å². The maximum absolute atomic E-state index is 14.1. The number of hydrogen-bond donors (Lipinski definition) is 1. The zero-order valence-corrected chi connectivity index (χ0v) is 10.4. The summed E-state index contributed by atoms with van der Waals surface area (Å²) in [6.45, 7) is 4.17. The van der Waals surface area contributed by atoms with Crippen LogP contribution in [-0.2, 0) is 11.2 Å². The number of anilines is 1. The molecule has 0 spiro atoms. The van der Waals surface area contributed by atoms with E-state index in [1.165, 1.54) is 11.2 Å². The van der Waals surface area contributed by atoms with Gasteiger partial charge >= 0.3 is 5.97 Å². The van der Waals surface area contributed by atoms with Gasteiger partial charge < -0.3 is 10.0 Å². The van der Waals surface area contributed by atoms with E-state index in [2.05, 4.69) is 9.97 Å². The summed E-state index contributed by atoms with van der Waals surface area (Å²) in [6.07, 6.45) is 2.48. The summed E-state index contributed by atoms with van der Waals surface area (Å²) in [7, 11) is 0. The van der Waals surface area contributed by atoms with Crippen LogP contribution < -0.4 is 4.90 Å². The first kappa shape index (κ1) is 12.7. The molecule has 0 bridgehead atoms. The Bertz CT molecular complexity index is 467. The van der Waals surface area contributed by atoms with Crippen LogP contribution in [0.4, 0.5) is 10.2 Å². The van der Waals surface area contributed by atoms with E-state index in [0.29, 0.717) is 18.7 Å². The monoisotopic (exact) mass is 253 g/mol. The summed E-state index contributed by atoms with van der Waals surface area (Å²) in [6, 6.07) is -0.709. The van der Waals surface area contributed by atoms with Crippen molar-refractivity contribution in [2.45, 2.75) is 32.7 Å². The van der Waals surface area contributed by atoms with Crippen LogP contribution in [0.2, 0.25) is 0 Å². The molecule has 0 aromatic carbocycles. The fourth-order valence-electron chi connectivity index (χ4n) is 2.40. The van der Waals surface area contributed by atoms with Gasteiger partial charge in [0.25, 0.3) is 0 Å². The standard InChI is InChI=1S/C12H16FN3O2/c1-3-8-9(13)11(15-6-14-8)16-5-4-7(2)10(16)12(17)18/h6-7,10H,3-5H2,1-2H3,(H,17,18). The van der Waals surface area contributed by atoms with E-state index in [1.54, 1.807) is 6.92 Å². The van der Waals surface area contributed by atoms with Crippen LogP contribution in [0.5, 0.6) is 0 Å². The van der Waals surface area contributed by atoms with Gasteiger partial charge in [-0.2, -0.15) is 0 Å². The number of halogens is 1. The molecular weight excluding hydrogens is 237 g/mol. The molecule has 1 fully saturated rings. The van der Waals surface area contributed by atoms with E-state index >= 15 is 0 Å². The number of carbonyl (C=O) groups is 1. The van der Waals surface area contributed by atoms with Gasteiger partial charge in [0.15, 0.2) is 11.6 Å². The number of rotatable bonds is 3. The van der Waals surface area contributed by atoms with Gasteiger partial charge in [-0.15, -0.1) is 0 Å². The number of aromatic nitrogens is 2. The number of aryl methyl sites for hydroxylation is 1. The van der Waals surface area contributed by atoms with Gasteiger partial charge in [-0.05, 0) is 18.8 Å². The molecule has 2 heterocycles. The van der Waals surface area contributed by atoms with E-state index in [9.17, 15) is 14.3 Å². The van der Waals surface area contributed by atoms with Gasteiger partial charge in [0.2, 0.25) is 0 Å². The molecule has 1 aliphatic heterocycles. The van der Waals surface area contributed by atoms with Gasteiger partial charge in [0, 0.05) is 6.54 Å². The molecule has 1 aliphatic rings. The topological polar surface area (TPSA) is 66.3 Å². The zero-order chi connectivity index (χ0) is 13.3. The predicted octanol–water partition coefficient (Wildman–Crippen LogP) is 1.48. The van der Waals surface area contributed by atoms with Crippen molar-refractivity contribution < 1.29 is 14.3 Å². The molecule has 0 amide bonds. The molecule has 2 unspecified atom stereocenters. The Morgan fingerprint density at radius 2 is 2.33 bits per heavy atom. The van der Waals surface area contributed by atoms with E-state index in [4.69, 9.17) is 0 Å². The molecule has 1 aromatic heterocycles. The van der Waals surface area contributed by atoms with E-state index in [0.717, 1.165) is 6.42 Å². The molecule has 0 saturated carbocycles. The quantitative estimate of drug-likeness (QED) is 0.883. The van der Waals surface area contributed by atoms with Crippen molar-refractivity contribution >= 4 is 11.8 Å². The number of carboxylic acids is 1. The minimum absolute atomic E-state index is 0.0121. The molecule has 5 nitrogen and oxygen atoms in total. The van der Waals surface area contributed by atoms with Crippen molar-refractivity contribution in [3.05, 3.63) is 17.8 Å². The van der Waals surface area contributed by atoms with Crippen molar-refractivity contribution in [3.8, 4) is 0 Å². The third-order valence-corrected chi connectivity index (χ3v) is 3.40. The number of nitrogens with zero attached hydrogens (tertiary/aromatic N) is 3. The normalized spacial score (nSPS) is 23.4. The van der Waals surface area contributed by atoms with E-state index in [-0.39, 0.29) is 11.7 Å². The van der Waals surface area contributed by atoms with Crippen LogP contribution in [-0.4, -0.2) is 33.6 Å². The van der Waals surface area contributed by atoms with Gasteiger partial charge in [-0.3, -0.25) is 0 Å². The van der Waals surface area contributed by atoms with Crippen LogP contribution in [0, 0.1) is 11.7 Å². The minimum atomic E-state index is -0.934. The van der Waals surface area contributed by atoms with Crippen LogP contribution in [0.15, 0.2) is 6.33 Å². The predicted molar refractivity (Wildman–Crippen MR) is 63.9 cm³/mol. The third-order valence-electron chi connectivity index (χ3n) is 3.40. The Labute approximate surface area is 105 Å². The lowest BCUT2D eigenvalue weighted by molar-refractivity contribution is -0.139. The molecule has 18 heavy (non-hydrogen) atoms. The van der Waals surface area contributed by atoms with Crippen molar-refractivity contribution in [2.75, 3.05) is 11.4 Å². The first-order valence-electron chi connectivity index (χ1n) is 6.05. The number of hydrogen-bond acceptors (Lipinski definition) is 4. The molecule has 98 valence electrons. The summed E-state index contributed by atoms with van der Waals surface area (Å²) >= 11 is 0.